The van der Waals surface area contributed by atoms with Crippen LogP contribution in [0.3, 0.4) is 0 Å². The predicted molar refractivity (Wildman–Crippen MR) is 85.6 cm³/mol. The van der Waals surface area contributed by atoms with E-state index in [0.717, 1.165) is 0 Å². The summed E-state index contributed by atoms with van der Waals surface area (Å²) in [6.45, 7) is 3.89. The minimum atomic E-state index is -4.59. The van der Waals surface area contributed by atoms with Gasteiger partial charge in [-0.25, -0.2) is 4.98 Å². The Morgan fingerprint density at radius 3 is 2.72 bits per heavy atom. The second-order valence-electron chi connectivity index (χ2n) is 6.24. The highest BCUT2D eigenvalue weighted by Crippen LogP contribution is 2.33. The molecule has 3 rings (SSSR count). The first kappa shape index (κ1) is 17.3. The zero-order chi connectivity index (χ0) is 18.1. The lowest BCUT2D eigenvalue weighted by atomic mass is 9.90. The summed E-state index contributed by atoms with van der Waals surface area (Å²) in [4.78, 5) is 7.31. The topological polar surface area (TPSA) is 82.3 Å². The zero-order valence-electron chi connectivity index (χ0n) is 13.4. The van der Waals surface area contributed by atoms with E-state index in [1.165, 1.54) is 0 Å². The van der Waals surface area contributed by atoms with Crippen LogP contribution in [0.25, 0.3) is 0 Å². The first-order valence-electron chi connectivity index (χ1n) is 7.53. The second kappa shape index (κ2) is 6.40. The van der Waals surface area contributed by atoms with E-state index in [4.69, 9.17) is 15.2 Å². The van der Waals surface area contributed by atoms with Crippen LogP contribution in [0.2, 0.25) is 0 Å². The minimum absolute atomic E-state index is 0.00835. The van der Waals surface area contributed by atoms with Gasteiger partial charge in [-0.1, -0.05) is 13.0 Å². The zero-order valence-corrected chi connectivity index (χ0v) is 13.4. The minimum Gasteiger partial charge on any atom is -0.493 e. The number of anilines is 3. The molecule has 1 saturated heterocycles. The molecule has 1 fully saturated rings. The van der Waals surface area contributed by atoms with Gasteiger partial charge in [0.15, 0.2) is 0 Å². The molecule has 2 aromatic rings. The number of ether oxygens (including phenoxy) is 2. The van der Waals surface area contributed by atoms with Crippen LogP contribution in [0.4, 0.5) is 30.6 Å². The Morgan fingerprint density at radius 1 is 1.36 bits per heavy atom. The molecule has 0 bridgehead atoms. The van der Waals surface area contributed by atoms with Crippen molar-refractivity contribution in [2.24, 2.45) is 5.41 Å². The monoisotopic (exact) mass is 354 g/mol. The van der Waals surface area contributed by atoms with E-state index in [9.17, 15) is 13.2 Å². The van der Waals surface area contributed by atoms with Crippen molar-refractivity contribution in [3.05, 3.63) is 36.0 Å². The van der Waals surface area contributed by atoms with Crippen molar-refractivity contribution < 1.29 is 22.6 Å². The molecule has 0 unspecified atom stereocenters. The van der Waals surface area contributed by atoms with Crippen LogP contribution in [0.15, 0.2) is 30.5 Å². The third kappa shape index (κ3) is 4.11. The highest BCUT2D eigenvalue weighted by atomic mass is 19.4. The Morgan fingerprint density at radius 2 is 2.12 bits per heavy atom. The fraction of sp³-hybridized carbons (Fsp3) is 0.375. The van der Waals surface area contributed by atoms with Gasteiger partial charge in [0.25, 0.3) is 0 Å². The number of nitrogens with zero attached hydrogens (tertiary/aromatic N) is 2. The molecule has 25 heavy (non-hydrogen) atoms. The smallest absolute Gasteiger partial charge is 0.421 e. The summed E-state index contributed by atoms with van der Waals surface area (Å²) in [6.07, 6.45) is -3.93. The first-order chi connectivity index (χ1) is 11.8. The van der Waals surface area contributed by atoms with Crippen molar-refractivity contribution in [1.82, 2.24) is 9.97 Å². The van der Waals surface area contributed by atoms with Crippen molar-refractivity contribution in [1.29, 1.82) is 0 Å². The van der Waals surface area contributed by atoms with Gasteiger partial charge in [0.1, 0.15) is 17.1 Å². The lowest BCUT2D eigenvalue weighted by Gasteiger charge is -2.37. The van der Waals surface area contributed by atoms with Gasteiger partial charge in [-0.3, -0.25) is 0 Å². The number of alkyl halides is 3. The Bertz CT molecular complexity index is 763. The van der Waals surface area contributed by atoms with Crippen LogP contribution in [0, 0.1) is 5.41 Å². The molecule has 0 amide bonds. The number of nitrogens with two attached hydrogens (primary N) is 1. The quantitative estimate of drug-likeness (QED) is 0.858. The lowest BCUT2D eigenvalue weighted by molar-refractivity contribution is -0.137. The normalized spacial score (nSPS) is 16.2. The van der Waals surface area contributed by atoms with E-state index in [1.54, 1.807) is 24.3 Å². The molecule has 6 nitrogen and oxygen atoms in total. The summed E-state index contributed by atoms with van der Waals surface area (Å²) < 4.78 is 48.9. The lowest BCUT2D eigenvalue weighted by Crippen LogP contribution is -2.44. The van der Waals surface area contributed by atoms with Gasteiger partial charge in [0.2, 0.25) is 5.95 Å². The maximum atomic E-state index is 12.7. The Labute approximate surface area is 142 Å². The maximum absolute atomic E-state index is 12.7. The van der Waals surface area contributed by atoms with Gasteiger partial charge in [-0.2, -0.15) is 18.2 Å². The highest BCUT2D eigenvalue weighted by molar-refractivity contribution is 5.57. The molecule has 9 heteroatoms. The van der Waals surface area contributed by atoms with Crippen molar-refractivity contribution >= 4 is 17.5 Å². The number of nitrogen functional groups attached to an aromatic ring is 1. The molecule has 0 radical (unpaired) electrons. The maximum Gasteiger partial charge on any atom is 0.421 e. The molecular formula is C16H17F3N4O2. The number of aromatic nitrogens is 2. The molecule has 1 aliphatic heterocycles. The summed E-state index contributed by atoms with van der Waals surface area (Å²) >= 11 is 0. The Balaban J connectivity index is 1.68. The molecule has 1 aromatic heterocycles. The number of rotatable bonds is 5. The van der Waals surface area contributed by atoms with E-state index in [0.29, 0.717) is 37.5 Å². The van der Waals surface area contributed by atoms with Crippen LogP contribution in [0.5, 0.6) is 5.75 Å². The summed E-state index contributed by atoms with van der Waals surface area (Å²) in [7, 11) is 0. The highest BCUT2D eigenvalue weighted by Gasteiger charge is 2.35. The van der Waals surface area contributed by atoms with Crippen LogP contribution in [0.1, 0.15) is 12.5 Å². The molecule has 0 atom stereocenters. The van der Waals surface area contributed by atoms with Crippen molar-refractivity contribution in [2.45, 2.75) is 13.1 Å². The van der Waals surface area contributed by atoms with Crippen LogP contribution < -0.4 is 15.8 Å². The number of nitrogens with one attached hydrogen (secondary N) is 1. The van der Waals surface area contributed by atoms with Crippen molar-refractivity contribution in [2.75, 3.05) is 30.9 Å². The fourth-order valence-corrected chi connectivity index (χ4v) is 2.26. The van der Waals surface area contributed by atoms with E-state index in [-0.39, 0.29) is 11.4 Å². The van der Waals surface area contributed by atoms with E-state index < -0.39 is 17.6 Å². The van der Waals surface area contributed by atoms with Gasteiger partial charge in [0.05, 0.1) is 19.8 Å². The summed E-state index contributed by atoms with van der Waals surface area (Å²) in [5.41, 5.74) is 4.88. The van der Waals surface area contributed by atoms with Gasteiger partial charge < -0.3 is 20.5 Å². The van der Waals surface area contributed by atoms with Crippen LogP contribution in [-0.2, 0) is 10.9 Å². The molecule has 0 saturated carbocycles. The van der Waals surface area contributed by atoms with Gasteiger partial charge in [-0.05, 0) is 12.1 Å². The molecule has 3 N–H and O–H groups in total. The SMILES string of the molecule is CC1(COc2cccc(Nc3ncc(C(F)(F)F)c(N)n3)c2)COC1. The Kier molecular flexibility index (Phi) is 4.42. The number of hydrogen-bond acceptors (Lipinski definition) is 6. The van der Waals surface area contributed by atoms with Crippen molar-refractivity contribution in [3.63, 3.8) is 0 Å². The van der Waals surface area contributed by atoms with Gasteiger partial charge >= 0.3 is 6.18 Å². The number of hydrogen-bond donors (Lipinski definition) is 2. The van der Waals surface area contributed by atoms with Gasteiger partial charge in [-0.15, -0.1) is 0 Å². The molecule has 2 heterocycles. The summed E-state index contributed by atoms with van der Waals surface area (Å²) in [5.74, 6) is -0.0321. The van der Waals surface area contributed by atoms with E-state index in [1.807, 2.05) is 0 Å². The first-order valence-corrected chi connectivity index (χ1v) is 7.53. The molecule has 1 aromatic carbocycles. The largest absolute Gasteiger partial charge is 0.493 e. The molecule has 1 aliphatic rings. The molecule has 0 spiro atoms. The second-order valence-corrected chi connectivity index (χ2v) is 6.24. The van der Waals surface area contributed by atoms with Crippen LogP contribution in [-0.4, -0.2) is 29.8 Å². The van der Waals surface area contributed by atoms with Crippen LogP contribution >= 0.6 is 0 Å². The number of benzene rings is 1. The third-order valence-corrected chi connectivity index (χ3v) is 3.70. The van der Waals surface area contributed by atoms with E-state index >= 15 is 0 Å². The van der Waals surface area contributed by atoms with Gasteiger partial charge in [0, 0.05) is 23.4 Å². The molecule has 134 valence electrons. The summed E-state index contributed by atoms with van der Waals surface area (Å²) in [5, 5.41) is 2.81. The number of halogens is 3. The Hall–Kier alpha value is -2.55. The summed E-state index contributed by atoms with van der Waals surface area (Å²) in [6, 6.07) is 6.97. The standard InChI is InChI=1S/C16H17F3N4O2/c1-15(7-24-8-15)9-25-11-4-2-3-10(5-11)22-14-21-6-12(13(20)23-14)16(17,18)19/h2-6H,7-9H2,1H3,(H3,20,21,22,23). The average molecular weight is 354 g/mol. The molecule has 0 aliphatic carbocycles. The fourth-order valence-electron chi connectivity index (χ4n) is 2.26. The van der Waals surface area contributed by atoms with Crippen molar-refractivity contribution in [3.8, 4) is 5.75 Å². The average Bonchev–Trinajstić information content (AvgIpc) is 2.50. The third-order valence-electron chi connectivity index (χ3n) is 3.70. The predicted octanol–water partition coefficient (Wildman–Crippen LogP) is 3.24. The molecular weight excluding hydrogens is 337 g/mol. The van der Waals surface area contributed by atoms with E-state index in [2.05, 4.69) is 22.2 Å².